The van der Waals surface area contributed by atoms with E-state index in [2.05, 4.69) is 17.2 Å². The molecule has 1 heterocycles. The van der Waals surface area contributed by atoms with Gasteiger partial charge in [0.05, 0.1) is 5.69 Å². The molecule has 0 spiro atoms. The number of hydrogen-bond acceptors (Lipinski definition) is 2. The maximum atomic E-state index is 11.9. The average molecular weight is 259 g/mol. The molecule has 1 fully saturated rings. The number of carbonyl (C=O) groups excluding carboxylic acids is 1. The monoisotopic (exact) mass is 259 g/mol. The van der Waals surface area contributed by atoms with Crippen molar-refractivity contribution >= 4 is 17.6 Å². The first-order chi connectivity index (χ1) is 9.20. The molecule has 0 aliphatic carbocycles. The Hall–Kier alpha value is -1.84. The lowest BCUT2D eigenvalue weighted by Crippen LogP contribution is -2.42. The zero-order valence-electron chi connectivity index (χ0n) is 11.6. The number of amidine groups is 1. The normalized spacial score (nSPS) is 18.2. The van der Waals surface area contributed by atoms with Crippen LogP contribution in [0.15, 0.2) is 29.3 Å². The predicted molar refractivity (Wildman–Crippen MR) is 77.9 cm³/mol. The first kappa shape index (κ1) is 13.6. The molecule has 0 atom stereocenters. The van der Waals surface area contributed by atoms with Crippen molar-refractivity contribution in [2.75, 3.05) is 13.6 Å². The smallest absolute Gasteiger partial charge is 0.322 e. The van der Waals surface area contributed by atoms with Crippen LogP contribution in [0.1, 0.15) is 31.2 Å². The quantitative estimate of drug-likeness (QED) is 0.826. The number of rotatable bonds is 1. The van der Waals surface area contributed by atoms with Gasteiger partial charge in [-0.15, -0.1) is 0 Å². The summed E-state index contributed by atoms with van der Waals surface area (Å²) in [6, 6.07) is 8.01. The van der Waals surface area contributed by atoms with Crippen molar-refractivity contribution in [1.29, 1.82) is 0 Å². The van der Waals surface area contributed by atoms with Crippen LogP contribution >= 0.6 is 0 Å². The molecule has 102 valence electrons. The summed E-state index contributed by atoms with van der Waals surface area (Å²) in [5.41, 5.74) is 2.13. The van der Waals surface area contributed by atoms with Crippen LogP contribution in [0.2, 0.25) is 0 Å². The molecule has 2 rings (SSSR count). The fraction of sp³-hybridized carbons (Fsp3) is 0.467. The summed E-state index contributed by atoms with van der Waals surface area (Å²) in [6.45, 7) is 2.81. The topological polar surface area (TPSA) is 44.7 Å². The predicted octanol–water partition coefficient (Wildman–Crippen LogP) is 3.24. The number of nitrogens with one attached hydrogen (secondary N) is 1. The molecular formula is C15H21N3O. The Labute approximate surface area is 114 Å². The number of nitrogens with zero attached hydrogens (tertiary/aromatic N) is 2. The molecule has 1 N–H and O–H groups in total. The van der Waals surface area contributed by atoms with Gasteiger partial charge in [0, 0.05) is 20.0 Å². The molecule has 1 saturated heterocycles. The van der Waals surface area contributed by atoms with Crippen molar-refractivity contribution in [2.24, 2.45) is 4.99 Å². The summed E-state index contributed by atoms with van der Waals surface area (Å²) in [7, 11) is 1.66. The highest BCUT2D eigenvalue weighted by Gasteiger charge is 2.20. The van der Waals surface area contributed by atoms with Gasteiger partial charge in [-0.2, -0.15) is 0 Å². The molecule has 0 unspecified atom stereocenters. The lowest BCUT2D eigenvalue weighted by molar-refractivity contribution is 0.222. The Morgan fingerprint density at radius 2 is 1.95 bits per heavy atom. The van der Waals surface area contributed by atoms with E-state index in [1.807, 2.05) is 24.3 Å². The third kappa shape index (κ3) is 3.56. The minimum atomic E-state index is -0.0623. The molecule has 0 radical (unpaired) electrons. The van der Waals surface area contributed by atoms with Crippen LogP contribution in [0.25, 0.3) is 0 Å². The molecule has 1 aromatic rings. The fourth-order valence-electron chi connectivity index (χ4n) is 2.23. The summed E-state index contributed by atoms with van der Waals surface area (Å²) in [4.78, 5) is 18.3. The lowest BCUT2D eigenvalue weighted by atomic mass is 10.2. The number of benzene rings is 1. The standard InChI is InChI=1S/C15H21N3O/c1-12-7-9-13(10-8-12)17-14-6-4-3-5-11-18(14)15(19)16-2/h7-10H,3-6,11H2,1-2H3,(H,16,19). The number of aryl methyl sites for hydroxylation is 1. The second-order valence-electron chi connectivity index (χ2n) is 4.88. The van der Waals surface area contributed by atoms with Gasteiger partial charge in [0.25, 0.3) is 0 Å². The van der Waals surface area contributed by atoms with Crippen molar-refractivity contribution in [3.8, 4) is 0 Å². The maximum absolute atomic E-state index is 11.9. The largest absolute Gasteiger partial charge is 0.341 e. The zero-order valence-corrected chi connectivity index (χ0v) is 11.6. The molecule has 0 bridgehead atoms. The Morgan fingerprint density at radius 3 is 2.63 bits per heavy atom. The zero-order chi connectivity index (χ0) is 13.7. The summed E-state index contributed by atoms with van der Waals surface area (Å²) in [5.74, 6) is 0.876. The van der Waals surface area contributed by atoms with Crippen molar-refractivity contribution in [3.63, 3.8) is 0 Å². The second kappa shape index (κ2) is 6.36. The van der Waals surface area contributed by atoms with Crippen LogP contribution in [-0.4, -0.2) is 30.4 Å². The van der Waals surface area contributed by atoms with Gasteiger partial charge in [-0.3, -0.25) is 4.90 Å². The van der Waals surface area contributed by atoms with E-state index in [4.69, 9.17) is 0 Å². The highest BCUT2D eigenvalue weighted by Crippen LogP contribution is 2.18. The van der Waals surface area contributed by atoms with Crippen LogP contribution < -0.4 is 5.32 Å². The first-order valence-corrected chi connectivity index (χ1v) is 6.84. The number of aliphatic imine (C=N–C) groups is 1. The molecular weight excluding hydrogens is 238 g/mol. The molecule has 1 aliphatic heterocycles. The van der Waals surface area contributed by atoms with Crippen molar-refractivity contribution in [2.45, 2.75) is 32.6 Å². The number of hydrogen-bond donors (Lipinski definition) is 1. The van der Waals surface area contributed by atoms with E-state index < -0.39 is 0 Å². The first-order valence-electron chi connectivity index (χ1n) is 6.84. The van der Waals surface area contributed by atoms with Crippen molar-refractivity contribution in [1.82, 2.24) is 10.2 Å². The SMILES string of the molecule is CNC(=O)N1CCCCCC1=Nc1ccc(C)cc1. The molecule has 2 amide bonds. The van der Waals surface area contributed by atoms with Crippen LogP contribution in [0.3, 0.4) is 0 Å². The number of urea groups is 1. The molecule has 19 heavy (non-hydrogen) atoms. The van der Waals surface area contributed by atoms with Crippen LogP contribution in [0.4, 0.5) is 10.5 Å². The molecule has 4 heteroatoms. The van der Waals surface area contributed by atoms with Crippen LogP contribution in [0, 0.1) is 6.92 Å². The van der Waals surface area contributed by atoms with Gasteiger partial charge in [-0.05, 0) is 31.9 Å². The van der Waals surface area contributed by atoms with Gasteiger partial charge in [-0.1, -0.05) is 24.1 Å². The van der Waals surface area contributed by atoms with Crippen molar-refractivity contribution in [3.05, 3.63) is 29.8 Å². The summed E-state index contributed by atoms with van der Waals surface area (Å²) >= 11 is 0. The molecule has 4 nitrogen and oxygen atoms in total. The van der Waals surface area contributed by atoms with E-state index >= 15 is 0 Å². The molecule has 1 aromatic carbocycles. The molecule has 1 aliphatic rings. The van der Waals surface area contributed by atoms with Crippen LogP contribution in [0.5, 0.6) is 0 Å². The minimum absolute atomic E-state index is 0.0623. The Balaban J connectivity index is 2.26. The minimum Gasteiger partial charge on any atom is -0.341 e. The van der Waals surface area contributed by atoms with Crippen LogP contribution in [-0.2, 0) is 0 Å². The summed E-state index contributed by atoms with van der Waals surface area (Å²) in [5, 5.41) is 2.69. The Kier molecular flexibility index (Phi) is 4.55. The number of likely N-dealkylation sites (tertiary alicyclic amines) is 1. The third-order valence-electron chi connectivity index (χ3n) is 3.34. The molecule has 0 aromatic heterocycles. The van der Waals surface area contributed by atoms with E-state index in [0.29, 0.717) is 0 Å². The number of amides is 2. The second-order valence-corrected chi connectivity index (χ2v) is 4.88. The molecule has 0 saturated carbocycles. The van der Waals surface area contributed by atoms with Gasteiger partial charge >= 0.3 is 6.03 Å². The van der Waals surface area contributed by atoms with E-state index in [0.717, 1.165) is 43.8 Å². The summed E-state index contributed by atoms with van der Waals surface area (Å²) in [6.07, 6.45) is 4.15. The third-order valence-corrected chi connectivity index (χ3v) is 3.34. The van der Waals surface area contributed by atoms with Gasteiger partial charge in [0.2, 0.25) is 0 Å². The highest BCUT2D eigenvalue weighted by atomic mass is 16.2. The Bertz CT molecular complexity index is 465. The van der Waals surface area contributed by atoms with Gasteiger partial charge in [0.15, 0.2) is 0 Å². The van der Waals surface area contributed by atoms with E-state index in [1.54, 1.807) is 11.9 Å². The fourth-order valence-corrected chi connectivity index (χ4v) is 2.23. The average Bonchev–Trinajstić information content (AvgIpc) is 2.66. The van der Waals surface area contributed by atoms with Gasteiger partial charge in [-0.25, -0.2) is 9.79 Å². The Morgan fingerprint density at radius 1 is 1.21 bits per heavy atom. The maximum Gasteiger partial charge on any atom is 0.322 e. The van der Waals surface area contributed by atoms with E-state index in [-0.39, 0.29) is 6.03 Å². The van der Waals surface area contributed by atoms with Gasteiger partial charge < -0.3 is 5.32 Å². The van der Waals surface area contributed by atoms with Gasteiger partial charge in [0.1, 0.15) is 5.84 Å². The van der Waals surface area contributed by atoms with E-state index in [1.165, 1.54) is 5.56 Å². The summed E-state index contributed by atoms with van der Waals surface area (Å²) < 4.78 is 0. The highest BCUT2D eigenvalue weighted by molar-refractivity contribution is 5.98. The number of carbonyl (C=O) groups is 1. The van der Waals surface area contributed by atoms with E-state index in [9.17, 15) is 4.79 Å². The van der Waals surface area contributed by atoms with Crippen molar-refractivity contribution < 1.29 is 4.79 Å². The lowest BCUT2D eigenvalue weighted by Gasteiger charge is -2.21.